The first-order valence-electron chi connectivity index (χ1n) is 6.23. The molecule has 0 unspecified atom stereocenters. The van der Waals surface area contributed by atoms with Gasteiger partial charge in [0, 0.05) is 19.5 Å². The summed E-state index contributed by atoms with van der Waals surface area (Å²) in [5.41, 5.74) is 1.04. The number of carbonyl (C=O) groups is 1. The van der Waals surface area contributed by atoms with Crippen LogP contribution in [0.2, 0.25) is 0 Å². The highest BCUT2D eigenvalue weighted by molar-refractivity contribution is 5.76. The Balaban J connectivity index is 2.56. The number of ether oxygens (including phenoxy) is 1. The summed E-state index contributed by atoms with van der Waals surface area (Å²) in [6.45, 7) is 2.96. The molecule has 1 rings (SSSR count). The van der Waals surface area contributed by atoms with Crippen molar-refractivity contribution in [1.29, 1.82) is 0 Å². The zero-order valence-electron chi connectivity index (χ0n) is 11.1. The summed E-state index contributed by atoms with van der Waals surface area (Å²) in [6, 6.07) is 7.71. The summed E-state index contributed by atoms with van der Waals surface area (Å²) in [6.07, 6.45) is 1.10. The molecule has 0 aliphatic rings. The van der Waals surface area contributed by atoms with Crippen LogP contribution in [0, 0.1) is 0 Å². The molecule has 1 aromatic rings. The van der Waals surface area contributed by atoms with Crippen LogP contribution in [0.25, 0.3) is 0 Å². The normalized spacial score (nSPS) is 10.2. The molecule has 18 heavy (non-hydrogen) atoms. The predicted molar refractivity (Wildman–Crippen MR) is 70.7 cm³/mol. The zero-order valence-corrected chi connectivity index (χ0v) is 11.1. The van der Waals surface area contributed by atoms with Gasteiger partial charge >= 0.3 is 0 Å². The molecule has 4 nitrogen and oxygen atoms in total. The minimum absolute atomic E-state index is 0.00817. The van der Waals surface area contributed by atoms with Crippen molar-refractivity contribution >= 4 is 5.91 Å². The molecule has 100 valence electrons. The highest BCUT2D eigenvalue weighted by atomic mass is 16.5. The van der Waals surface area contributed by atoms with Crippen LogP contribution < -0.4 is 4.74 Å². The van der Waals surface area contributed by atoms with Gasteiger partial charge in [0.25, 0.3) is 0 Å². The molecular formula is C14H21NO3. The molecule has 0 radical (unpaired) electrons. The van der Waals surface area contributed by atoms with Gasteiger partial charge in [-0.2, -0.15) is 0 Å². The third-order valence-corrected chi connectivity index (χ3v) is 2.91. The first-order chi connectivity index (χ1) is 8.72. The van der Waals surface area contributed by atoms with Crippen molar-refractivity contribution in [1.82, 2.24) is 4.90 Å². The van der Waals surface area contributed by atoms with Gasteiger partial charge < -0.3 is 14.7 Å². The first-order valence-corrected chi connectivity index (χ1v) is 6.23. The van der Waals surface area contributed by atoms with E-state index >= 15 is 0 Å². The largest absolute Gasteiger partial charge is 0.496 e. The maximum atomic E-state index is 11.9. The van der Waals surface area contributed by atoms with Gasteiger partial charge in [-0.3, -0.25) is 4.79 Å². The molecule has 4 heteroatoms. The fraction of sp³-hybridized carbons (Fsp3) is 0.500. The average Bonchev–Trinajstić information content (AvgIpc) is 2.42. The van der Waals surface area contributed by atoms with Gasteiger partial charge in [-0.15, -0.1) is 0 Å². The number of hydrogen-bond acceptors (Lipinski definition) is 3. The fourth-order valence-electron chi connectivity index (χ4n) is 1.89. The molecule has 0 aliphatic carbocycles. The summed E-state index contributed by atoms with van der Waals surface area (Å²) in [5.74, 6) is 0.882. The molecule has 0 aromatic heterocycles. The molecule has 0 saturated carbocycles. The standard InChI is InChI=1S/C14H21NO3/c1-3-15(10-11-16)14(17)9-8-12-6-4-5-7-13(12)18-2/h4-7,16H,3,8-11H2,1-2H3. The minimum atomic E-state index is 0.00817. The maximum Gasteiger partial charge on any atom is 0.222 e. The molecule has 0 atom stereocenters. The molecule has 0 bridgehead atoms. The molecule has 0 heterocycles. The highest BCUT2D eigenvalue weighted by Gasteiger charge is 2.12. The summed E-state index contributed by atoms with van der Waals surface area (Å²) >= 11 is 0. The molecule has 1 amide bonds. The van der Waals surface area contributed by atoms with Crippen LogP contribution >= 0.6 is 0 Å². The van der Waals surface area contributed by atoms with Gasteiger partial charge in [-0.05, 0) is 25.0 Å². The van der Waals surface area contributed by atoms with Crippen molar-refractivity contribution in [3.05, 3.63) is 29.8 Å². The number of para-hydroxylation sites is 1. The number of aliphatic hydroxyl groups excluding tert-OH is 1. The van der Waals surface area contributed by atoms with Crippen LogP contribution in [0.5, 0.6) is 5.75 Å². The van der Waals surface area contributed by atoms with Crippen LogP contribution in [0.15, 0.2) is 24.3 Å². The number of benzene rings is 1. The lowest BCUT2D eigenvalue weighted by atomic mass is 10.1. The number of methoxy groups -OCH3 is 1. The number of aryl methyl sites for hydroxylation is 1. The Morgan fingerprint density at radius 1 is 1.39 bits per heavy atom. The van der Waals surface area contributed by atoms with Crippen molar-refractivity contribution in [2.24, 2.45) is 0 Å². The quantitative estimate of drug-likeness (QED) is 0.798. The van der Waals surface area contributed by atoms with E-state index in [1.165, 1.54) is 0 Å². The highest BCUT2D eigenvalue weighted by Crippen LogP contribution is 2.19. The number of amides is 1. The number of likely N-dealkylation sites (N-methyl/N-ethyl adjacent to an activating group) is 1. The van der Waals surface area contributed by atoms with Crippen molar-refractivity contribution in [2.45, 2.75) is 19.8 Å². The molecule has 0 fully saturated rings. The van der Waals surface area contributed by atoms with E-state index in [1.54, 1.807) is 12.0 Å². The van der Waals surface area contributed by atoms with Crippen LogP contribution in [0.4, 0.5) is 0 Å². The Morgan fingerprint density at radius 2 is 2.11 bits per heavy atom. The molecule has 0 aliphatic heterocycles. The Labute approximate surface area is 108 Å². The van der Waals surface area contributed by atoms with Crippen LogP contribution in [0.3, 0.4) is 0 Å². The van der Waals surface area contributed by atoms with Crippen LogP contribution in [-0.4, -0.2) is 42.7 Å². The van der Waals surface area contributed by atoms with Gasteiger partial charge in [0.1, 0.15) is 5.75 Å². The lowest BCUT2D eigenvalue weighted by molar-refractivity contribution is -0.131. The number of carbonyl (C=O) groups excluding carboxylic acids is 1. The predicted octanol–water partition coefficient (Wildman–Crippen LogP) is 1.47. The van der Waals surface area contributed by atoms with E-state index in [0.717, 1.165) is 11.3 Å². The molecule has 1 aromatic carbocycles. The second kappa shape index (κ2) is 7.71. The van der Waals surface area contributed by atoms with E-state index in [0.29, 0.717) is 25.9 Å². The van der Waals surface area contributed by atoms with Gasteiger partial charge in [-0.1, -0.05) is 18.2 Å². The van der Waals surface area contributed by atoms with E-state index in [2.05, 4.69) is 0 Å². The van der Waals surface area contributed by atoms with Gasteiger partial charge in [0.2, 0.25) is 5.91 Å². The van der Waals surface area contributed by atoms with Crippen molar-refractivity contribution in [2.75, 3.05) is 26.8 Å². The van der Waals surface area contributed by atoms with Gasteiger partial charge in [0.05, 0.1) is 13.7 Å². The van der Waals surface area contributed by atoms with E-state index in [-0.39, 0.29) is 12.5 Å². The Bertz CT molecular complexity index is 379. The Kier molecular flexibility index (Phi) is 6.22. The number of nitrogens with zero attached hydrogens (tertiary/aromatic N) is 1. The molecule has 0 saturated heterocycles. The zero-order chi connectivity index (χ0) is 13.4. The monoisotopic (exact) mass is 251 g/mol. The van der Waals surface area contributed by atoms with Crippen LogP contribution in [0.1, 0.15) is 18.9 Å². The fourth-order valence-corrected chi connectivity index (χ4v) is 1.89. The Hall–Kier alpha value is -1.55. The van der Waals surface area contributed by atoms with Crippen molar-refractivity contribution in [3.8, 4) is 5.75 Å². The second-order valence-corrected chi connectivity index (χ2v) is 4.01. The minimum Gasteiger partial charge on any atom is -0.496 e. The van der Waals surface area contributed by atoms with Crippen molar-refractivity contribution < 1.29 is 14.6 Å². The van der Waals surface area contributed by atoms with E-state index < -0.39 is 0 Å². The summed E-state index contributed by atoms with van der Waals surface area (Å²) in [7, 11) is 1.63. The summed E-state index contributed by atoms with van der Waals surface area (Å²) < 4.78 is 5.25. The maximum absolute atomic E-state index is 11.9. The topological polar surface area (TPSA) is 49.8 Å². The number of hydrogen-bond donors (Lipinski definition) is 1. The lowest BCUT2D eigenvalue weighted by Gasteiger charge is -2.19. The summed E-state index contributed by atoms with van der Waals surface area (Å²) in [4.78, 5) is 13.6. The van der Waals surface area contributed by atoms with E-state index in [1.807, 2.05) is 31.2 Å². The molecule has 1 N–H and O–H groups in total. The smallest absolute Gasteiger partial charge is 0.222 e. The third-order valence-electron chi connectivity index (χ3n) is 2.91. The number of aliphatic hydroxyl groups is 1. The number of rotatable bonds is 7. The van der Waals surface area contributed by atoms with Crippen molar-refractivity contribution in [3.63, 3.8) is 0 Å². The lowest BCUT2D eigenvalue weighted by Crippen LogP contribution is -2.33. The van der Waals surface area contributed by atoms with Gasteiger partial charge in [0.15, 0.2) is 0 Å². The molecular weight excluding hydrogens is 230 g/mol. The van der Waals surface area contributed by atoms with E-state index in [9.17, 15) is 4.79 Å². The molecule has 0 spiro atoms. The summed E-state index contributed by atoms with van der Waals surface area (Å²) in [5, 5.41) is 8.87. The first kappa shape index (κ1) is 14.5. The van der Waals surface area contributed by atoms with Crippen LogP contribution in [-0.2, 0) is 11.2 Å². The third kappa shape index (κ3) is 4.04. The second-order valence-electron chi connectivity index (χ2n) is 4.01. The SMILES string of the molecule is CCN(CCO)C(=O)CCc1ccccc1OC. The van der Waals surface area contributed by atoms with Gasteiger partial charge in [-0.25, -0.2) is 0 Å². The Morgan fingerprint density at radius 3 is 2.72 bits per heavy atom. The average molecular weight is 251 g/mol. The van der Waals surface area contributed by atoms with E-state index in [4.69, 9.17) is 9.84 Å².